The number of para-hydroxylation sites is 2. The maximum Gasteiger partial charge on any atom is 0.300 e. The van der Waals surface area contributed by atoms with Crippen LogP contribution < -0.4 is 9.64 Å². The van der Waals surface area contributed by atoms with Crippen molar-refractivity contribution in [1.29, 1.82) is 0 Å². The second-order valence-electron chi connectivity index (χ2n) is 8.17. The van der Waals surface area contributed by atoms with Crippen molar-refractivity contribution in [2.45, 2.75) is 19.9 Å². The monoisotopic (exact) mass is 444 g/mol. The number of hydrogen-bond donors (Lipinski definition) is 2. The number of ketones is 1. The summed E-state index contributed by atoms with van der Waals surface area (Å²) in [5, 5.41) is 21.5. The molecule has 7 heteroatoms. The van der Waals surface area contributed by atoms with E-state index in [-0.39, 0.29) is 22.8 Å². The van der Waals surface area contributed by atoms with E-state index in [1.807, 2.05) is 13.8 Å². The predicted molar refractivity (Wildman–Crippen MR) is 124 cm³/mol. The number of aliphatic hydroxyl groups is 1. The van der Waals surface area contributed by atoms with Gasteiger partial charge in [-0.15, -0.1) is 0 Å². The summed E-state index contributed by atoms with van der Waals surface area (Å²) in [6.07, 6.45) is 3.10. The molecule has 1 unspecified atom stereocenters. The van der Waals surface area contributed by atoms with Crippen LogP contribution >= 0.6 is 0 Å². The summed E-state index contributed by atoms with van der Waals surface area (Å²) in [5.41, 5.74) is 0.992. The number of hydrogen-bond acceptors (Lipinski definition) is 6. The van der Waals surface area contributed by atoms with E-state index < -0.39 is 17.7 Å². The Kier molecular flexibility index (Phi) is 6.13. The summed E-state index contributed by atoms with van der Waals surface area (Å²) < 4.78 is 5.68. The number of anilines is 1. The van der Waals surface area contributed by atoms with Crippen LogP contribution in [0.2, 0.25) is 0 Å². The average Bonchev–Trinajstić information content (AvgIpc) is 3.09. The molecule has 0 spiro atoms. The summed E-state index contributed by atoms with van der Waals surface area (Å²) >= 11 is 0. The fourth-order valence-electron chi connectivity index (χ4n) is 3.73. The van der Waals surface area contributed by atoms with Gasteiger partial charge in [0.2, 0.25) is 0 Å². The highest BCUT2D eigenvalue weighted by atomic mass is 16.5. The Bertz CT molecular complexity index is 1200. The molecule has 1 atom stereocenters. The number of amides is 1. The van der Waals surface area contributed by atoms with Crippen molar-refractivity contribution in [3.05, 3.63) is 89.8 Å². The van der Waals surface area contributed by atoms with Gasteiger partial charge in [-0.2, -0.15) is 0 Å². The van der Waals surface area contributed by atoms with Gasteiger partial charge in [0, 0.05) is 18.0 Å². The zero-order chi connectivity index (χ0) is 23.5. The summed E-state index contributed by atoms with van der Waals surface area (Å²) in [6, 6.07) is 15.4. The number of aromatic hydroxyl groups is 1. The standard InChI is InChI=1S/C26H24N2O5/c1-16(2)15-33-19-11-9-17(10-12-19)24(30)22-23(18-6-5-13-27-14-18)28(26(32)25(22)31)20-7-3-4-8-21(20)29/h3-14,16,23,29-30H,15H2,1-2H3/b24-22+. The number of ether oxygens (including phenoxy) is 1. The number of carbonyl (C=O) groups is 2. The molecule has 3 aromatic rings. The highest BCUT2D eigenvalue weighted by Gasteiger charge is 2.47. The van der Waals surface area contributed by atoms with Gasteiger partial charge < -0.3 is 14.9 Å². The molecule has 1 aliphatic heterocycles. The number of nitrogens with zero attached hydrogens (tertiary/aromatic N) is 2. The number of carbonyl (C=O) groups excluding carboxylic acids is 2. The van der Waals surface area contributed by atoms with E-state index in [1.165, 1.54) is 17.2 Å². The van der Waals surface area contributed by atoms with Crippen LogP contribution in [-0.4, -0.2) is 33.5 Å². The van der Waals surface area contributed by atoms with Crippen molar-refractivity contribution in [3.63, 3.8) is 0 Å². The lowest BCUT2D eigenvalue weighted by atomic mass is 9.96. The first-order chi connectivity index (χ1) is 15.9. The third-order valence-corrected chi connectivity index (χ3v) is 5.30. The van der Waals surface area contributed by atoms with Crippen LogP contribution in [0, 0.1) is 5.92 Å². The number of phenols is 1. The number of rotatable bonds is 6. The molecule has 4 rings (SSSR count). The SMILES string of the molecule is CC(C)COc1ccc(/C(O)=C2\C(=O)C(=O)N(c3ccccc3O)C2c2cccnc2)cc1. The number of benzene rings is 2. The molecule has 7 nitrogen and oxygen atoms in total. The maximum absolute atomic E-state index is 13.1. The number of Topliss-reactive ketones (excluding diaryl/α,β-unsaturated/α-hetero) is 1. The van der Waals surface area contributed by atoms with Crippen LogP contribution in [0.4, 0.5) is 5.69 Å². The Balaban J connectivity index is 1.82. The average molecular weight is 444 g/mol. The molecule has 0 radical (unpaired) electrons. The molecule has 2 N–H and O–H groups in total. The summed E-state index contributed by atoms with van der Waals surface area (Å²) in [5.74, 6) is -1.15. The Labute approximate surface area is 191 Å². The molecule has 1 saturated heterocycles. The van der Waals surface area contributed by atoms with Gasteiger partial charge in [0.05, 0.1) is 23.9 Å². The van der Waals surface area contributed by atoms with Crippen molar-refractivity contribution >= 4 is 23.1 Å². The molecular weight excluding hydrogens is 420 g/mol. The molecule has 0 aliphatic carbocycles. The van der Waals surface area contributed by atoms with Crippen LogP contribution in [0.25, 0.3) is 5.76 Å². The van der Waals surface area contributed by atoms with Gasteiger partial charge in [-0.25, -0.2) is 0 Å². The summed E-state index contributed by atoms with van der Waals surface area (Å²) in [7, 11) is 0. The van der Waals surface area contributed by atoms with Gasteiger partial charge in [-0.1, -0.05) is 32.0 Å². The zero-order valence-electron chi connectivity index (χ0n) is 18.3. The van der Waals surface area contributed by atoms with Gasteiger partial charge in [-0.05, 0) is 53.9 Å². The van der Waals surface area contributed by atoms with E-state index in [4.69, 9.17) is 4.74 Å². The number of aromatic nitrogens is 1. The van der Waals surface area contributed by atoms with Gasteiger partial charge in [0.1, 0.15) is 17.3 Å². The topological polar surface area (TPSA) is 100.0 Å². The summed E-state index contributed by atoms with van der Waals surface area (Å²) in [6.45, 7) is 4.64. The summed E-state index contributed by atoms with van der Waals surface area (Å²) in [4.78, 5) is 31.5. The molecule has 0 bridgehead atoms. The highest BCUT2D eigenvalue weighted by Crippen LogP contribution is 2.44. The Morgan fingerprint density at radius 3 is 2.42 bits per heavy atom. The smallest absolute Gasteiger partial charge is 0.300 e. The fraction of sp³-hybridized carbons (Fsp3) is 0.192. The second-order valence-corrected chi connectivity index (χ2v) is 8.17. The van der Waals surface area contributed by atoms with E-state index in [1.54, 1.807) is 60.8 Å². The van der Waals surface area contributed by atoms with Crippen molar-refractivity contribution < 1.29 is 24.5 Å². The van der Waals surface area contributed by atoms with Gasteiger partial charge >= 0.3 is 0 Å². The molecule has 33 heavy (non-hydrogen) atoms. The Hall–Kier alpha value is -4.13. The van der Waals surface area contributed by atoms with E-state index >= 15 is 0 Å². The predicted octanol–water partition coefficient (Wildman–Crippen LogP) is 4.45. The first-order valence-electron chi connectivity index (χ1n) is 10.6. The van der Waals surface area contributed by atoms with Gasteiger partial charge in [0.25, 0.3) is 11.7 Å². The number of aliphatic hydroxyl groups excluding tert-OH is 1. The van der Waals surface area contributed by atoms with Crippen LogP contribution in [-0.2, 0) is 9.59 Å². The van der Waals surface area contributed by atoms with E-state index in [9.17, 15) is 19.8 Å². The molecule has 1 aromatic heterocycles. The van der Waals surface area contributed by atoms with Gasteiger partial charge in [0.15, 0.2) is 0 Å². The molecule has 2 heterocycles. The van der Waals surface area contributed by atoms with Crippen LogP contribution in [0.5, 0.6) is 11.5 Å². The van der Waals surface area contributed by atoms with Gasteiger partial charge in [-0.3, -0.25) is 19.5 Å². The van der Waals surface area contributed by atoms with Crippen molar-refractivity contribution in [2.24, 2.45) is 5.92 Å². The molecule has 0 saturated carbocycles. The molecule has 168 valence electrons. The lowest BCUT2D eigenvalue weighted by molar-refractivity contribution is -0.132. The third-order valence-electron chi connectivity index (χ3n) is 5.30. The number of pyridine rings is 1. The minimum Gasteiger partial charge on any atom is -0.507 e. The minimum atomic E-state index is -0.955. The number of phenolic OH excluding ortho intramolecular Hbond substituents is 1. The van der Waals surface area contributed by atoms with Crippen LogP contribution in [0.15, 0.2) is 78.6 Å². The van der Waals surface area contributed by atoms with Crippen molar-refractivity contribution in [2.75, 3.05) is 11.5 Å². The molecular formula is C26H24N2O5. The third kappa shape index (κ3) is 4.30. The first-order valence-corrected chi connectivity index (χ1v) is 10.6. The van der Waals surface area contributed by atoms with Crippen molar-refractivity contribution in [3.8, 4) is 11.5 Å². The largest absolute Gasteiger partial charge is 0.507 e. The molecule has 1 amide bonds. The lowest BCUT2D eigenvalue weighted by Crippen LogP contribution is -2.29. The Morgan fingerprint density at radius 1 is 1.06 bits per heavy atom. The van der Waals surface area contributed by atoms with E-state index in [0.29, 0.717) is 29.4 Å². The lowest BCUT2D eigenvalue weighted by Gasteiger charge is -2.25. The molecule has 2 aromatic carbocycles. The second kappa shape index (κ2) is 9.16. The fourth-order valence-corrected chi connectivity index (χ4v) is 3.73. The Morgan fingerprint density at radius 2 is 1.79 bits per heavy atom. The molecule has 1 fully saturated rings. The van der Waals surface area contributed by atoms with Crippen molar-refractivity contribution in [1.82, 2.24) is 4.98 Å². The quantitative estimate of drug-likeness (QED) is 0.331. The van der Waals surface area contributed by atoms with Crippen LogP contribution in [0.1, 0.15) is 31.0 Å². The maximum atomic E-state index is 13.1. The normalized spacial score (nSPS) is 17.5. The van der Waals surface area contributed by atoms with E-state index in [2.05, 4.69) is 4.98 Å². The molecule has 1 aliphatic rings. The highest BCUT2D eigenvalue weighted by molar-refractivity contribution is 6.51. The van der Waals surface area contributed by atoms with Crippen LogP contribution in [0.3, 0.4) is 0 Å². The zero-order valence-corrected chi connectivity index (χ0v) is 18.3. The van der Waals surface area contributed by atoms with E-state index in [0.717, 1.165) is 0 Å². The first kappa shape index (κ1) is 22.1. The minimum absolute atomic E-state index is 0.0768.